The largest absolute Gasteiger partial charge is 0.573 e. The third kappa shape index (κ3) is 6.38. The molecule has 3 N–H and O–H groups in total. The molecule has 12 heteroatoms. The van der Waals surface area contributed by atoms with Crippen molar-refractivity contribution in [3.63, 3.8) is 0 Å². The first-order valence-corrected chi connectivity index (χ1v) is 10.4. The number of nitrogens with one attached hydrogen (secondary N) is 2. The Morgan fingerprint density at radius 2 is 1.91 bits per heavy atom. The fourth-order valence-corrected chi connectivity index (χ4v) is 3.43. The zero-order valence-electron chi connectivity index (χ0n) is 16.1. The lowest BCUT2D eigenvalue weighted by Gasteiger charge is -2.10. The Morgan fingerprint density at radius 3 is 2.56 bits per heavy atom. The molecule has 2 aromatic carbocycles. The molecule has 0 aliphatic heterocycles. The number of amides is 1. The van der Waals surface area contributed by atoms with E-state index in [4.69, 9.17) is 21.4 Å². The summed E-state index contributed by atoms with van der Waals surface area (Å²) in [6.45, 7) is -0.252. The van der Waals surface area contributed by atoms with Gasteiger partial charge < -0.3 is 24.9 Å². The molecule has 1 atom stereocenters. The summed E-state index contributed by atoms with van der Waals surface area (Å²) in [5.74, 6) is -1.02. The summed E-state index contributed by atoms with van der Waals surface area (Å²) in [5, 5.41) is 12.0. The normalized spacial score (nSPS) is 12.3. The predicted octanol–water partition coefficient (Wildman–Crippen LogP) is 4.96. The van der Waals surface area contributed by atoms with E-state index in [1.165, 1.54) is 12.1 Å². The number of aliphatic hydroxyl groups excluding tert-OH is 1. The minimum Gasteiger partial charge on any atom is -0.426 e. The van der Waals surface area contributed by atoms with E-state index in [1.807, 2.05) is 0 Å². The second-order valence-electron chi connectivity index (χ2n) is 6.32. The van der Waals surface area contributed by atoms with Crippen molar-refractivity contribution in [1.82, 2.24) is 15.3 Å². The quantitative estimate of drug-likeness (QED) is 0.355. The van der Waals surface area contributed by atoms with Crippen LogP contribution in [-0.4, -0.2) is 40.5 Å². The van der Waals surface area contributed by atoms with E-state index < -0.39 is 22.8 Å². The van der Waals surface area contributed by atoms with Crippen LogP contribution in [0, 0.1) is 0 Å². The number of aliphatic hydroxyl groups is 1. The van der Waals surface area contributed by atoms with Gasteiger partial charge >= 0.3 is 6.36 Å². The Morgan fingerprint density at radius 1 is 1.22 bits per heavy atom. The lowest BCUT2D eigenvalue weighted by atomic mass is 10.1. The van der Waals surface area contributed by atoms with Crippen molar-refractivity contribution in [2.45, 2.75) is 11.2 Å². The highest BCUT2D eigenvalue weighted by Crippen LogP contribution is 2.35. The first kappa shape index (κ1) is 23.9. The van der Waals surface area contributed by atoms with Crippen molar-refractivity contribution < 1.29 is 32.5 Å². The van der Waals surface area contributed by atoms with Crippen LogP contribution in [0.4, 0.5) is 13.2 Å². The van der Waals surface area contributed by atoms with Gasteiger partial charge in [-0.3, -0.25) is 4.79 Å². The van der Waals surface area contributed by atoms with Crippen LogP contribution >= 0.6 is 27.5 Å². The number of halogens is 5. The van der Waals surface area contributed by atoms with Gasteiger partial charge in [-0.1, -0.05) is 45.7 Å². The fraction of sp³-hybridized carbons (Fsp3) is 0.200. The Balaban J connectivity index is 1.91. The van der Waals surface area contributed by atoms with E-state index in [0.29, 0.717) is 5.02 Å². The summed E-state index contributed by atoms with van der Waals surface area (Å²) < 4.78 is 46.8. The van der Waals surface area contributed by atoms with E-state index in [0.717, 1.165) is 17.7 Å². The molecule has 170 valence electrons. The minimum absolute atomic E-state index is 0.00646. The van der Waals surface area contributed by atoms with E-state index in [2.05, 4.69) is 36.0 Å². The number of aromatic amines is 1. The van der Waals surface area contributed by atoms with Gasteiger partial charge in [-0.25, -0.2) is 0 Å². The number of hydrogen-bond donors (Lipinski definition) is 3. The number of ether oxygens (including phenoxy) is 2. The summed E-state index contributed by atoms with van der Waals surface area (Å²) in [6, 6.07) is 11.6. The molecule has 32 heavy (non-hydrogen) atoms. The average Bonchev–Trinajstić information content (AvgIpc) is 3.15. The number of imidazole rings is 1. The Hall–Kier alpha value is -2.76. The van der Waals surface area contributed by atoms with Gasteiger partial charge in [0.25, 0.3) is 11.9 Å². The molecule has 0 fully saturated rings. The highest BCUT2D eigenvalue weighted by Gasteiger charge is 2.31. The van der Waals surface area contributed by atoms with E-state index in [1.54, 1.807) is 24.3 Å². The lowest BCUT2D eigenvalue weighted by Crippen LogP contribution is -2.27. The molecule has 0 bridgehead atoms. The number of nitrogens with zero attached hydrogens (tertiary/aromatic N) is 1. The van der Waals surface area contributed by atoms with Crippen LogP contribution in [0.2, 0.25) is 5.02 Å². The van der Waals surface area contributed by atoms with Crippen LogP contribution in [0.3, 0.4) is 0 Å². The minimum atomic E-state index is -4.85. The fourth-order valence-electron chi connectivity index (χ4n) is 2.66. The molecule has 0 saturated carbocycles. The van der Waals surface area contributed by atoms with Gasteiger partial charge in [0, 0.05) is 17.6 Å². The molecule has 0 saturated heterocycles. The molecule has 1 amide bonds. The summed E-state index contributed by atoms with van der Waals surface area (Å²) >= 11 is 9.42. The number of alkyl halides is 4. The first-order chi connectivity index (χ1) is 15.2. The maximum atomic E-state index is 12.6. The molecular weight excluding hydrogens is 519 g/mol. The zero-order valence-corrected chi connectivity index (χ0v) is 18.5. The molecule has 0 radical (unpaired) electrons. The molecule has 1 aromatic heterocycles. The third-order valence-corrected chi connectivity index (χ3v) is 5.21. The van der Waals surface area contributed by atoms with E-state index >= 15 is 0 Å². The summed E-state index contributed by atoms with van der Waals surface area (Å²) in [4.78, 5) is 19.0. The topological polar surface area (TPSA) is 96.5 Å². The first-order valence-electron chi connectivity index (χ1n) is 9.08. The molecule has 3 rings (SSSR count). The SMILES string of the molecule is O=C(NCCO)c1[nH]c(Oc2cccc(OC(F)(F)F)c2)nc1C(Br)c1ccc(Cl)cc1. The number of carbonyl (C=O) groups excluding carboxylic acids is 1. The third-order valence-electron chi connectivity index (χ3n) is 3.99. The van der Waals surface area contributed by atoms with Gasteiger partial charge in [0.2, 0.25) is 0 Å². The van der Waals surface area contributed by atoms with Gasteiger partial charge in [-0.05, 0) is 29.8 Å². The molecule has 0 spiro atoms. The summed E-state index contributed by atoms with van der Waals surface area (Å²) in [7, 11) is 0. The predicted molar refractivity (Wildman–Crippen MR) is 113 cm³/mol. The summed E-state index contributed by atoms with van der Waals surface area (Å²) in [5.41, 5.74) is 1.05. The molecule has 1 unspecified atom stereocenters. The van der Waals surface area contributed by atoms with Crippen molar-refractivity contribution in [3.05, 3.63) is 70.5 Å². The van der Waals surface area contributed by atoms with Crippen LogP contribution in [0.25, 0.3) is 0 Å². The van der Waals surface area contributed by atoms with Crippen LogP contribution in [0.15, 0.2) is 48.5 Å². The molecule has 1 heterocycles. The standard InChI is InChI=1S/C20H16BrClF3N3O4/c21-15(11-4-6-12(22)7-5-11)16-17(18(30)26-8-9-29)28-19(27-16)31-13-2-1-3-14(10-13)32-20(23,24)25/h1-7,10,15,29H,8-9H2,(H,26,30)(H,27,28). The average molecular weight is 535 g/mol. The summed E-state index contributed by atoms with van der Waals surface area (Å²) in [6.07, 6.45) is -4.85. The maximum Gasteiger partial charge on any atom is 0.573 e. The van der Waals surface area contributed by atoms with Crippen molar-refractivity contribution in [1.29, 1.82) is 0 Å². The van der Waals surface area contributed by atoms with Gasteiger partial charge in [0.05, 0.1) is 17.1 Å². The zero-order chi connectivity index (χ0) is 23.3. The monoisotopic (exact) mass is 533 g/mol. The van der Waals surface area contributed by atoms with Crippen LogP contribution in [0.1, 0.15) is 26.6 Å². The van der Waals surface area contributed by atoms with Crippen LogP contribution in [0.5, 0.6) is 17.5 Å². The lowest BCUT2D eigenvalue weighted by molar-refractivity contribution is -0.274. The van der Waals surface area contributed by atoms with E-state index in [-0.39, 0.29) is 36.3 Å². The van der Waals surface area contributed by atoms with Gasteiger partial charge in [0.1, 0.15) is 17.2 Å². The molecule has 0 aliphatic carbocycles. The smallest absolute Gasteiger partial charge is 0.426 e. The molecule has 7 nitrogen and oxygen atoms in total. The highest BCUT2D eigenvalue weighted by molar-refractivity contribution is 9.09. The number of aromatic nitrogens is 2. The Kier molecular flexibility index (Phi) is 7.64. The second-order valence-corrected chi connectivity index (χ2v) is 7.67. The second kappa shape index (κ2) is 10.2. The number of carbonyl (C=O) groups is 1. The maximum absolute atomic E-state index is 12.6. The molecule has 0 aliphatic rings. The van der Waals surface area contributed by atoms with Gasteiger partial charge in [-0.2, -0.15) is 4.98 Å². The number of benzene rings is 2. The van der Waals surface area contributed by atoms with E-state index in [9.17, 15) is 18.0 Å². The highest BCUT2D eigenvalue weighted by atomic mass is 79.9. The molecule has 3 aromatic rings. The van der Waals surface area contributed by atoms with Crippen molar-refractivity contribution in [3.8, 4) is 17.5 Å². The Bertz CT molecular complexity index is 1080. The van der Waals surface area contributed by atoms with Crippen LogP contribution in [-0.2, 0) is 0 Å². The molecular formula is C20H16BrClF3N3O4. The number of hydrogen-bond acceptors (Lipinski definition) is 5. The Labute approximate surface area is 193 Å². The number of H-pyrrole nitrogens is 1. The van der Waals surface area contributed by atoms with Crippen molar-refractivity contribution in [2.75, 3.05) is 13.2 Å². The number of rotatable bonds is 8. The van der Waals surface area contributed by atoms with Gasteiger partial charge in [0.15, 0.2) is 0 Å². The van der Waals surface area contributed by atoms with Crippen molar-refractivity contribution in [2.24, 2.45) is 0 Å². The van der Waals surface area contributed by atoms with Crippen molar-refractivity contribution >= 4 is 33.4 Å². The van der Waals surface area contributed by atoms with Gasteiger partial charge in [-0.15, -0.1) is 13.2 Å². The van der Waals surface area contributed by atoms with Crippen LogP contribution < -0.4 is 14.8 Å².